The van der Waals surface area contributed by atoms with Gasteiger partial charge in [-0.1, -0.05) is 12.1 Å². The van der Waals surface area contributed by atoms with Crippen molar-refractivity contribution in [2.24, 2.45) is 5.10 Å². The Balaban J connectivity index is 1.47. The predicted octanol–water partition coefficient (Wildman–Crippen LogP) is 3.71. The molecule has 1 amide bonds. The van der Waals surface area contributed by atoms with Crippen molar-refractivity contribution in [3.05, 3.63) is 59.9 Å². The lowest BCUT2D eigenvalue weighted by Crippen LogP contribution is -2.35. The Labute approximate surface area is 157 Å². The highest BCUT2D eigenvalue weighted by Crippen LogP contribution is 2.34. The van der Waals surface area contributed by atoms with Gasteiger partial charge in [-0.3, -0.25) is 4.79 Å². The highest BCUT2D eigenvalue weighted by atomic mass is 19.1. The average Bonchev–Trinajstić information content (AvgIpc) is 3.28. The maximum atomic E-state index is 13.3. The lowest BCUT2D eigenvalue weighted by atomic mass is 9.79. The standard InChI is InChI=1S/C21H22FN3O2/c1-15-12-20(26)25(24-15)19-8-6-18(7-9-19)23-13-21(10-11-27-14-21)16-2-4-17(22)5-3-16/h2-9,23H,10-14H2,1H3/t21-/m0/s1. The number of hydrogen-bond donors (Lipinski definition) is 1. The van der Waals surface area contributed by atoms with Gasteiger partial charge >= 0.3 is 0 Å². The van der Waals surface area contributed by atoms with Gasteiger partial charge in [0.15, 0.2) is 0 Å². The van der Waals surface area contributed by atoms with Gasteiger partial charge in [0.05, 0.1) is 18.7 Å². The highest BCUT2D eigenvalue weighted by Gasteiger charge is 2.36. The Kier molecular flexibility index (Phi) is 4.66. The zero-order chi connectivity index (χ0) is 18.9. The first kappa shape index (κ1) is 17.7. The number of hydrazone groups is 1. The summed E-state index contributed by atoms with van der Waals surface area (Å²) in [6.07, 6.45) is 1.26. The summed E-state index contributed by atoms with van der Waals surface area (Å²) in [7, 11) is 0. The normalized spacial score (nSPS) is 22.2. The smallest absolute Gasteiger partial charge is 0.253 e. The van der Waals surface area contributed by atoms with E-state index in [9.17, 15) is 9.18 Å². The SMILES string of the molecule is CC1=NN(c2ccc(NC[C@@]3(c4ccc(F)cc4)CCOC3)cc2)C(=O)C1. The second kappa shape index (κ2) is 7.12. The molecule has 4 rings (SSSR count). The van der Waals surface area contributed by atoms with Crippen LogP contribution in [0.4, 0.5) is 15.8 Å². The molecule has 140 valence electrons. The fraction of sp³-hybridized carbons (Fsp3) is 0.333. The summed E-state index contributed by atoms with van der Waals surface area (Å²) in [5.41, 5.74) is 3.46. The molecule has 0 saturated carbocycles. The van der Waals surface area contributed by atoms with Crippen molar-refractivity contribution in [2.75, 3.05) is 30.1 Å². The van der Waals surface area contributed by atoms with E-state index in [1.54, 1.807) is 0 Å². The van der Waals surface area contributed by atoms with E-state index in [2.05, 4.69) is 10.4 Å². The van der Waals surface area contributed by atoms with Crippen molar-refractivity contribution in [2.45, 2.75) is 25.2 Å². The van der Waals surface area contributed by atoms with Crippen LogP contribution in [-0.4, -0.2) is 31.4 Å². The molecule has 5 nitrogen and oxygen atoms in total. The van der Waals surface area contributed by atoms with Gasteiger partial charge in [0, 0.05) is 30.0 Å². The first-order valence-corrected chi connectivity index (χ1v) is 9.11. The Hall–Kier alpha value is -2.73. The van der Waals surface area contributed by atoms with E-state index in [1.165, 1.54) is 17.1 Å². The monoisotopic (exact) mass is 367 g/mol. The summed E-state index contributed by atoms with van der Waals surface area (Å²) < 4.78 is 18.9. The Morgan fingerprint density at radius 3 is 2.52 bits per heavy atom. The zero-order valence-corrected chi connectivity index (χ0v) is 15.2. The second-order valence-electron chi connectivity index (χ2n) is 7.21. The van der Waals surface area contributed by atoms with Gasteiger partial charge in [0.1, 0.15) is 5.82 Å². The molecule has 2 aliphatic heterocycles. The van der Waals surface area contributed by atoms with Crippen LogP contribution >= 0.6 is 0 Å². The van der Waals surface area contributed by atoms with Crippen LogP contribution in [0.25, 0.3) is 0 Å². The molecule has 1 saturated heterocycles. The van der Waals surface area contributed by atoms with E-state index in [4.69, 9.17) is 4.74 Å². The number of rotatable bonds is 5. The number of hydrogen-bond acceptors (Lipinski definition) is 4. The van der Waals surface area contributed by atoms with Crippen LogP contribution in [0, 0.1) is 5.82 Å². The number of amides is 1. The third-order valence-corrected chi connectivity index (χ3v) is 5.22. The third-order valence-electron chi connectivity index (χ3n) is 5.22. The predicted molar refractivity (Wildman–Crippen MR) is 104 cm³/mol. The van der Waals surface area contributed by atoms with Crippen molar-refractivity contribution >= 4 is 23.0 Å². The topological polar surface area (TPSA) is 53.9 Å². The number of nitrogens with zero attached hydrogens (tertiary/aromatic N) is 2. The summed E-state index contributed by atoms with van der Waals surface area (Å²) in [4.78, 5) is 11.9. The van der Waals surface area contributed by atoms with E-state index in [1.807, 2.05) is 43.3 Å². The Morgan fingerprint density at radius 2 is 1.93 bits per heavy atom. The molecule has 0 aromatic heterocycles. The van der Waals surface area contributed by atoms with Gasteiger partial charge in [-0.25, -0.2) is 9.40 Å². The van der Waals surface area contributed by atoms with Crippen molar-refractivity contribution in [3.63, 3.8) is 0 Å². The van der Waals surface area contributed by atoms with E-state index in [-0.39, 0.29) is 17.1 Å². The molecule has 27 heavy (non-hydrogen) atoms. The number of ether oxygens (including phenoxy) is 1. The molecule has 6 heteroatoms. The maximum Gasteiger partial charge on any atom is 0.253 e. The number of nitrogens with one attached hydrogen (secondary N) is 1. The fourth-order valence-electron chi connectivity index (χ4n) is 3.63. The Morgan fingerprint density at radius 1 is 1.19 bits per heavy atom. The quantitative estimate of drug-likeness (QED) is 0.877. The first-order valence-electron chi connectivity index (χ1n) is 9.11. The number of carbonyl (C=O) groups excluding carboxylic acids is 1. The molecule has 2 heterocycles. The summed E-state index contributed by atoms with van der Waals surface area (Å²) >= 11 is 0. The largest absolute Gasteiger partial charge is 0.384 e. The van der Waals surface area contributed by atoms with Crippen LogP contribution in [0.1, 0.15) is 25.3 Å². The van der Waals surface area contributed by atoms with Crippen LogP contribution in [0.15, 0.2) is 53.6 Å². The van der Waals surface area contributed by atoms with Gasteiger partial charge in [-0.15, -0.1) is 0 Å². The van der Waals surface area contributed by atoms with Gasteiger partial charge in [-0.05, 0) is 55.3 Å². The molecule has 2 aromatic rings. The van der Waals surface area contributed by atoms with Gasteiger partial charge in [-0.2, -0.15) is 5.10 Å². The van der Waals surface area contributed by atoms with Crippen molar-refractivity contribution in [1.82, 2.24) is 0 Å². The third kappa shape index (κ3) is 3.57. The number of anilines is 2. The maximum absolute atomic E-state index is 13.3. The molecule has 2 aromatic carbocycles. The highest BCUT2D eigenvalue weighted by molar-refractivity contribution is 6.12. The molecule has 0 aliphatic carbocycles. The summed E-state index contributed by atoms with van der Waals surface area (Å²) in [5, 5.41) is 9.18. The molecule has 0 bridgehead atoms. The molecule has 1 fully saturated rings. The summed E-state index contributed by atoms with van der Waals surface area (Å²) in [6, 6.07) is 14.3. The van der Waals surface area contributed by atoms with Crippen molar-refractivity contribution < 1.29 is 13.9 Å². The lowest BCUT2D eigenvalue weighted by molar-refractivity contribution is -0.116. The van der Waals surface area contributed by atoms with Crippen LogP contribution in [-0.2, 0) is 14.9 Å². The van der Waals surface area contributed by atoms with Gasteiger partial charge < -0.3 is 10.1 Å². The molecular formula is C21H22FN3O2. The molecule has 1 atom stereocenters. The van der Waals surface area contributed by atoms with Crippen LogP contribution < -0.4 is 10.3 Å². The van der Waals surface area contributed by atoms with E-state index in [0.29, 0.717) is 26.2 Å². The molecule has 1 N–H and O–H groups in total. The van der Waals surface area contributed by atoms with Crippen molar-refractivity contribution in [3.8, 4) is 0 Å². The molecular weight excluding hydrogens is 345 g/mol. The van der Waals surface area contributed by atoms with E-state index >= 15 is 0 Å². The van der Waals surface area contributed by atoms with Crippen molar-refractivity contribution in [1.29, 1.82) is 0 Å². The summed E-state index contributed by atoms with van der Waals surface area (Å²) in [6.45, 7) is 3.86. The number of halogens is 1. The number of carbonyl (C=O) groups is 1. The molecule has 0 radical (unpaired) electrons. The van der Waals surface area contributed by atoms with E-state index < -0.39 is 0 Å². The molecule has 2 aliphatic rings. The molecule has 0 spiro atoms. The van der Waals surface area contributed by atoms with Crippen LogP contribution in [0.5, 0.6) is 0 Å². The first-order chi connectivity index (χ1) is 13.1. The van der Waals surface area contributed by atoms with Gasteiger partial charge in [0.2, 0.25) is 0 Å². The minimum absolute atomic E-state index is 0.00780. The number of benzene rings is 2. The van der Waals surface area contributed by atoms with E-state index in [0.717, 1.165) is 29.1 Å². The lowest BCUT2D eigenvalue weighted by Gasteiger charge is -2.29. The second-order valence-corrected chi connectivity index (χ2v) is 7.21. The minimum atomic E-state index is -0.231. The fourth-order valence-corrected chi connectivity index (χ4v) is 3.63. The summed E-state index contributed by atoms with van der Waals surface area (Å²) in [5.74, 6) is -0.239. The van der Waals surface area contributed by atoms with Gasteiger partial charge in [0.25, 0.3) is 5.91 Å². The Bertz CT molecular complexity index is 856. The van der Waals surface area contributed by atoms with Crippen LogP contribution in [0.2, 0.25) is 0 Å². The van der Waals surface area contributed by atoms with Crippen LogP contribution in [0.3, 0.4) is 0 Å². The zero-order valence-electron chi connectivity index (χ0n) is 15.2. The minimum Gasteiger partial charge on any atom is -0.384 e. The average molecular weight is 367 g/mol. The molecule has 0 unspecified atom stereocenters.